The maximum Gasteiger partial charge on any atom is 0.0406 e. The van der Waals surface area contributed by atoms with E-state index < -0.39 is 0 Å². The summed E-state index contributed by atoms with van der Waals surface area (Å²) in [5, 5.41) is 6.22. The molecule has 0 unspecified atom stereocenters. The van der Waals surface area contributed by atoms with Crippen LogP contribution in [0.4, 0.5) is 0 Å². The molecule has 2 heteroatoms. The number of allylic oxidation sites excluding steroid dienone is 4. The van der Waals surface area contributed by atoms with E-state index in [1.165, 1.54) is 60.2 Å². The average Bonchev–Trinajstić information content (AvgIpc) is 3.81. The maximum absolute atomic E-state index is 6.57. The average molecular weight is 727 g/mol. The van der Waals surface area contributed by atoms with Gasteiger partial charge in [-0.2, -0.15) is 0 Å². The van der Waals surface area contributed by atoms with Gasteiger partial charge in [-0.05, 0) is 147 Å². The third kappa shape index (κ3) is 6.43. The summed E-state index contributed by atoms with van der Waals surface area (Å²) in [6.45, 7) is 14.1. The number of fused-ring (bicyclic) bond motifs is 2. The van der Waals surface area contributed by atoms with Gasteiger partial charge in [-0.3, -0.25) is 0 Å². The van der Waals surface area contributed by atoms with Crippen LogP contribution in [0.3, 0.4) is 0 Å². The van der Waals surface area contributed by atoms with Crippen molar-refractivity contribution in [2.24, 2.45) is 0 Å². The van der Waals surface area contributed by atoms with Gasteiger partial charge >= 0.3 is 0 Å². The highest BCUT2D eigenvalue weighted by molar-refractivity contribution is 6.31. The van der Waals surface area contributed by atoms with Gasteiger partial charge in [0.15, 0.2) is 0 Å². The molecule has 0 aliphatic heterocycles. The number of rotatable bonds is 5. The number of hydrogen-bond acceptors (Lipinski definition) is 0. The fourth-order valence-electron chi connectivity index (χ4n) is 8.20. The van der Waals surface area contributed by atoms with Crippen molar-refractivity contribution in [3.63, 3.8) is 0 Å². The van der Waals surface area contributed by atoms with Gasteiger partial charge in [0.2, 0.25) is 0 Å². The molecule has 0 atom stereocenters. The second-order valence-corrected chi connectivity index (χ2v) is 17.1. The van der Waals surface area contributed by atoms with Gasteiger partial charge in [0.05, 0.1) is 0 Å². The van der Waals surface area contributed by atoms with Crippen LogP contribution in [0, 0.1) is 10.4 Å². The van der Waals surface area contributed by atoms with Gasteiger partial charge in [-0.1, -0.05) is 168 Å². The summed E-state index contributed by atoms with van der Waals surface area (Å²) in [5.74, 6) is 0. The second-order valence-electron chi connectivity index (χ2n) is 16.3. The molecule has 0 bridgehead atoms. The van der Waals surface area contributed by atoms with E-state index in [9.17, 15) is 0 Å². The summed E-state index contributed by atoms with van der Waals surface area (Å²) in [6.07, 6.45) is 11.7. The lowest BCUT2D eigenvalue weighted by atomic mass is 9.73. The van der Waals surface area contributed by atoms with E-state index in [4.69, 9.17) is 23.2 Å². The molecule has 1 radical (unpaired) electrons. The van der Waals surface area contributed by atoms with Gasteiger partial charge in [0, 0.05) is 10.0 Å². The Bertz CT molecular complexity index is 2620. The zero-order valence-electron chi connectivity index (χ0n) is 31.2. The van der Waals surface area contributed by atoms with E-state index in [0.29, 0.717) is 10.0 Å². The van der Waals surface area contributed by atoms with E-state index in [2.05, 4.69) is 163 Å². The Morgan fingerprint density at radius 2 is 1.19 bits per heavy atom. The summed E-state index contributed by atoms with van der Waals surface area (Å²) in [4.78, 5) is 0. The highest BCUT2D eigenvalue weighted by Crippen LogP contribution is 2.43. The van der Waals surface area contributed by atoms with Crippen molar-refractivity contribution in [1.29, 1.82) is 0 Å². The fraction of sp³-hybridized carbons (Fsp3) is 0.176. The minimum Gasteiger partial charge on any atom is -0.0843 e. The van der Waals surface area contributed by atoms with E-state index in [-0.39, 0.29) is 10.8 Å². The molecular weight excluding hydrogens is 683 g/mol. The standard InChI is InChI=1S/C51H43Cl2/c1-50(2,3)43-31-41-37(29-40(43)32-15-9-7-10-16-32)30-42-45(33-19-13-14-20-33)46(34-17-11-8-12-18-34)49(51(4,5)6)48(47(41)42)44(35-21-25-38(52)26-22-35)36-23-27-39(53)28-24-36/h7-19,21-29,31H,20H2,1-6H3. The van der Waals surface area contributed by atoms with Crippen molar-refractivity contribution in [2.45, 2.75) is 58.8 Å². The molecule has 0 aromatic heterocycles. The molecule has 0 saturated carbocycles. The maximum atomic E-state index is 6.57. The Morgan fingerprint density at radius 1 is 0.623 bits per heavy atom. The van der Waals surface area contributed by atoms with Crippen molar-refractivity contribution in [1.82, 2.24) is 0 Å². The Morgan fingerprint density at radius 3 is 1.70 bits per heavy atom. The highest BCUT2D eigenvalue weighted by Gasteiger charge is 2.31. The molecule has 0 heterocycles. The van der Waals surface area contributed by atoms with Crippen molar-refractivity contribution in [2.75, 3.05) is 0 Å². The van der Waals surface area contributed by atoms with Gasteiger partial charge in [-0.25, -0.2) is 0 Å². The largest absolute Gasteiger partial charge is 0.0843 e. The second kappa shape index (κ2) is 13.5. The number of hydrogen-bond donors (Lipinski definition) is 0. The SMILES string of the molecule is CC(C)(C)c1cc2c(cc1-c1ccccc1)=[C]c1c(C3=CC=CC3)c(-c3ccccc3)c(C(C)(C)C)c(=C(c3ccc(Cl)cc3)c3ccc(Cl)cc3)c1=2. The summed E-state index contributed by atoms with van der Waals surface area (Å²) in [5.41, 5.74) is 14.3. The van der Waals surface area contributed by atoms with Gasteiger partial charge in [0.25, 0.3) is 0 Å². The van der Waals surface area contributed by atoms with Crippen LogP contribution in [-0.2, 0) is 10.8 Å². The molecule has 0 nitrogen and oxygen atoms in total. The molecule has 0 amide bonds. The molecule has 6 aromatic carbocycles. The Hall–Kier alpha value is -4.88. The predicted molar refractivity (Wildman–Crippen MR) is 227 cm³/mol. The van der Waals surface area contributed by atoms with Crippen LogP contribution in [-0.4, -0.2) is 0 Å². The zero-order valence-corrected chi connectivity index (χ0v) is 32.8. The van der Waals surface area contributed by atoms with Crippen molar-refractivity contribution in [3.8, 4) is 22.3 Å². The molecule has 53 heavy (non-hydrogen) atoms. The molecule has 0 fully saturated rings. The van der Waals surface area contributed by atoms with Crippen molar-refractivity contribution < 1.29 is 0 Å². The minimum absolute atomic E-state index is 0.112. The van der Waals surface area contributed by atoms with Crippen molar-refractivity contribution in [3.05, 3.63) is 204 Å². The molecule has 2 aliphatic rings. The van der Waals surface area contributed by atoms with Gasteiger partial charge < -0.3 is 0 Å². The van der Waals surface area contributed by atoms with Crippen LogP contribution in [0.2, 0.25) is 10.0 Å². The number of benzene rings is 6. The molecule has 0 spiro atoms. The van der Waals surface area contributed by atoms with E-state index in [1.807, 2.05) is 24.3 Å². The first-order valence-electron chi connectivity index (χ1n) is 18.5. The van der Waals surface area contributed by atoms with Crippen LogP contribution < -0.4 is 10.4 Å². The van der Waals surface area contributed by atoms with Gasteiger partial charge in [0.1, 0.15) is 0 Å². The third-order valence-electron chi connectivity index (χ3n) is 10.5. The van der Waals surface area contributed by atoms with Crippen LogP contribution in [0.25, 0.3) is 39.5 Å². The summed E-state index contributed by atoms with van der Waals surface area (Å²) >= 11 is 13.1. The monoisotopic (exact) mass is 725 g/mol. The Balaban J connectivity index is 1.74. The minimum atomic E-state index is -0.263. The normalized spacial score (nSPS) is 13.4. The highest BCUT2D eigenvalue weighted by atomic mass is 35.5. The van der Waals surface area contributed by atoms with E-state index in [0.717, 1.165) is 33.9 Å². The van der Waals surface area contributed by atoms with Crippen LogP contribution in [0.1, 0.15) is 81.3 Å². The summed E-state index contributed by atoms with van der Waals surface area (Å²) < 4.78 is 0. The summed E-state index contributed by atoms with van der Waals surface area (Å²) in [6, 6.07) is 43.3. The van der Waals surface area contributed by atoms with Crippen molar-refractivity contribution >= 4 is 40.4 Å². The lowest BCUT2D eigenvalue weighted by Gasteiger charge is -2.30. The van der Waals surface area contributed by atoms with E-state index >= 15 is 0 Å². The molecule has 0 N–H and O–H groups in total. The molecule has 8 rings (SSSR count). The smallest absolute Gasteiger partial charge is 0.0406 e. The molecular formula is C51H43Cl2. The lowest BCUT2D eigenvalue weighted by Crippen LogP contribution is -2.30. The van der Waals surface area contributed by atoms with Crippen LogP contribution in [0.5, 0.6) is 0 Å². The zero-order chi connectivity index (χ0) is 37.1. The topological polar surface area (TPSA) is 0 Å². The molecule has 261 valence electrons. The van der Waals surface area contributed by atoms with Crippen LogP contribution in [0.15, 0.2) is 140 Å². The molecule has 6 aromatic rings. The molecule has 2 aliphatic carbocycles. The first-order valence-corrected chi connectivity index (χ1v) is 19.2. The first-order chi connectivity index (χ1) is 25.4. The van der Waals surface area contributed by atoms with E-state index in [1.54, 1.807) is 0 Å². The quantitative estimate of drug-likeness (QED) is 0.166. The Kier molecular flexibility index (Phi) is 8.97. The first kappa shape index (κ1) is 35.2. The summed E-state index contributed by atoms with van der Waals surface area (Å²) in [7, 11) is 0. The lowest BCUT2D eigenvalue weighted by molar-refractivity contribution is 0.586. The fourth-order valence-corrected chi connectivity index (χ4v) is 8.45. The number of halogens is 2. The third-order valence-corrected chi connectivity index (χ3v) is 11.0. The molecule has 0 saturated heterocycles. The predicted octanol–water partition coefficient (Wildman–Crippen LogP) is 12.8. The van der Waals surface area contributed by atoms with Gasteiger partial charge in [-0.15, -0.1) is 0 Å². The van der Waals surface area contributed by atoms with Crippen LogP contribution >= 0.6 is 23.2 Å². The Labute approximate surface area is 323 Å².